The SMILES string of the molecule is CN=C(NCc1csc(-c2ccccc2)n1)NC1CCN(c2cccs2)CC1. The maximum absolute atomic E-state index is 4.74. The van der Waals surface area contributed by atoms with Gasteiger partial charge in [-0.05, 0) is 30.4 Å². The van der Waals surface area contributed by atoms with Gasteiger partial charge in [-0.2, -0.15) is 0 Å². The fourth-order valence-corrected chi connectivity index (χ4v) is 4.97. The van der Waals surface area contributed by atoms with Crippen molar-refractivity contribution < 1.29 is 0 Å². The van der Waals surface area contributed by atoms with Gasteiger partial charge >= 0.3 is 0 Å². The number of thiazole rings is 1. The van der Waals surface area contributed by atoms with Crippen molar-refractivity contribution in [3.05, 3.63) is 58.9 Å². The van der Waals surface area contributed by atoms with E-state index in [0.29, 0.717) is 12.6 Å². The molecular weight excluding hydrogens is 386 g/mol. The van der Waals surface area contributed by atoms with Crippen molar-refractivity contribution in [3.63, 3.8) is 0 Å². The van der Waals surface area contributed by atoms with E-state index < -0.39 is 0 Å². The van der Waals surface area contributed by atoms with Crippen molar-refractivity contribution in [2.45, 2.75) is 25.4 Å². The summed E-state index contributed by atoms with van der Waals surface area (Å²) in [6.07, 6.45) is 2.24. The quantitative estimate of drug-likeness (QED) is 0.488. The summed E-state index contributed by atoms with van der Waals surface area (Å²) in [6, 6.07) is 15.1. The van der Waals surface area contributed by atoms with Gasteiger partial charge in [-0.3, -0.25) is 4.99 Å². The van der Waals surface area contributed by atoms with E-state index in [1.165, 1.54) is 10.6 Å². The molecule has 7 heteroatoms. The van der Waals surface area contributed by atoms with Gasteiger partial charge in [0.05, 0.1) is 17.2 Å². The maximum Gasteiger partial charge on any atom is 0.191 e. The van der Waals surface area contributed by atoms with Crippen LogP contribution in [0.3, 0.4) is 0 Å². The molecule has 0 atom stereocenters. The van der Waals surface area contributed by atoms with Crippen LogP contribution in [0.1, 0.15) is 18.5 Å². The number of aromatic nitrogens is 1. The summed E-state index contributed by atoms with van der Waals surface area (Å²) in [4.78, 5) is 11.6. The van der Waals surface area contributed by atoms with Crippen molar-refractivity contribution in [2.24, 2.45) is 4.99 Å². The third-order valence-electron chi connectivity index (χ3n) is 4.89. The van der Waals surface area contributed by atoms with Crippen LogP contribution in [0.2, 0.25) is 0 Å². The predicted molar refractivity (Wildman–Crippen MR) is 120 cm³/mol. The molecule has 146 valence electrons. The largest absolute Gasteiger partial charge is 0.363 e. The average Bonchev–Trinajstić information content (AvgIpc) is 3.44. The molecule has 4 rings (SSSR count). The number of nitrogens with one attached hydrogen (secondary N) is 2. The molecule has 1 saturated heterocycles. The maximum atomic E-state index is 4.74. The van der Waals surface area contributed by atoms with Crippen molar-refractivity contribution in [2.75, 3.05) is 25.0 Å². The van der Waals surface area contributed by atoms with Gasteiger partial charge in [0.2, 0.25) is 0 Å². The monoisotopic (exact) mass is 411 g/mol. The number of guanidine groups is 1. The minimum atomic E-state index is 0.456. The molecule has 1 fully saturated rings. The van der Waals surface area contributed by atoms with Gasteiger partial charge in [0.1, 0.15) is 5.01 Å². The van der Waals surface area contributed by atoms with E-state index in [4.69, 9.17) is 4.98 Å². The zero-order valence-corrected chi connectivity index (χ0v) is 17.6. The fraction of sp³-hybridized carbons (Fsp3) is 0.333. The third kappa shape index (κ3) is 4.72. The van der Waals surface area contributed by atoms with Gasteiger partial charge in [0, 0.05) is 37.1 Å². The Kier molecular flexibility index (Phi) is 6.24. The first-order valence-electron chi connectivity index (χ1n) is 9.57. The Hall–Kier alpha value is -2.38. The topological polar surface area (TPSA) is 52.6 Å². The number of anilines is 1. The Labute approximate surface area is 174 Å². The molecule has 1 aliphatic heterocycles. The van der Waals surface area contributed by atoms with Crippen molar-refractivity contribution >= 4 is 33.6 Å². The normalized spacial score (nSPS) is 15.6. The van der Waals surface area contributed by atoms with Crippen LogP contribution < -0.4 is 15.5 Å². The number of rotatable bonds is 5. The second-order valence-electron chi connectivity index (χ2n) is 6.79. The van der Waals surface area contributed by atoms with Crippen LogP contribution in [0.25, 0.3) is 10.6 Å². The molecule has 3 heterocycles. The Bertz CT molecular complexity index is 881. The number of aliphatic imine (C=N–C) groups is 1. The molecule has 0 radical (unpaired) electrons. The first kappa shape index (κ1) is 19.0. The Balaban J connectivity index is 1.26. The standard InChI is InChI=1S/C21H25N5S2/c1-22-21(25-17-9-11-26(12-10-17)19-8-5-13-27-19)23-14-18-15-28-20(24-18)16-6-3-2-4-7-16/h2-8,13,15,17H,9-12,14H2,1H3,(H2,22,23,25). The molecule has 3 aromatic rings. The molecule has 2 N–H and O–H groups in total. The Morgan fingerprint density at radius 2 is 1.96 bits per heavy atom. The van der Waals surface area contributed by atoms with Crippen LogP contribution in [0.15, 0.2) is 58.2 Å². The minimum Gasteiger partial charge on any atom is -0.363 e. The van der Waals surface area contributed by atoms with E-state index in [-0.39, 0.29) is 0 Å². The Morgan fingerprint density at radius 1 is 1.14 bits per heavy atom. The van der Waals surface area contributed by atoms with Gasteiger partial charge in [-0.15, -0.1) is 22.7 Å². The molecule has 0 saturated carbocycles. The summed E-state index contributed by atoms with van der Waals surface area (Å²) in [5.74, 6) is 0.851. The van der Waals surface area contributed by atoms with E-state index in [1.54, 1.807) is 11.3 Å². The third-order valence-corrected chi connectivity index (χ3v) is 6.76. The summed E-state index contributed by atoms with van der Waals surface area (Å²) in [5.41, 5.74) is 2.21. The number of nitrogens with zero attached hydrogens (tertiary/aromatic N) is 3. The summed E-state index contributed by atoms with van der Waals surface area (Å²) in [5, 5.41) is 13.7. The van der Waals surface area contributed by atoms with Crippen LogP contribution in [-0.4, -0.2) is 37.1 Å². The number of piperidine rings is 1. The summed E-state index contributed by atoms with van der Waals surface area (Å²) >= 11 is 3.50. The molecule has 1 aliphatic rings. The smallest absolute Gasteiger partial charge is 0.191 e. The average molecular weight is 412 g/mol. The molecule has 0 bridgehead atoms. The lowest BCUT2D eigenvalue weighted by atomic mass is 10.1. The van der Waals surface area contributed by atoms with Gasteiger partial charge in [0.15, 0.2) is 5.96 Å². The van der Waals surface area contributed by atoms with Crippen LogP contribution in [0, 0.1) is 0 Å². The van der Waals surface area contributed by atoms with E-state index in [0.717, 1.165) is 42.6 Å². The summed E-state index contributed by atoms with van der Waals surface area (Å²) < 4.78 is 0. The molecule has 0 unspecified atom stereocenters. The molecular formula is C21H25N5S2. The highest BCUT2D eigenvalue weighted by atomic mass is 32.1. The minimum absolute atomic E-state index is 0.456. The molecule has 0 amide bonds. The summed E-state index contributed by atoms with van der Waals surface area (Å²) in [7, 11) is 1.83. The zero-order valence-electron chi connectivity index (χ0n) is 16.0. The second kappa shape index (κ2) is 9.21. The van der Waals surface area contributed by atoms with Crippen molar-refractivity contribution in [3.8, 4) is 10.6 Å². The summed E-state index contributed by atoms with van der Waals surface area (Å²) in [6.45, 7) is 2.85. The highest BCUT2D eigenvalue weighted by Crippen LogP contribution is 2.25. The van der Waals surface area contributed by atoms with E-state index in [9.17, 15) is 0 Å². The van der Waals surface area contributed by atoms with Crippen LogP contribution in [0.5, 0.6) is 0 Å². The molecule has 5 nitrogen and oxygen atoms in total. The first-order valence-corrected chi connectivity index (χ1v) is 11.3. The van der Waals surface area contributed by atoms with Crippen molar-refractivity contribution in [1.29, 1.82) is 0 Å². The van der Waals surface area contributed by atoms with E-state index >= 15 is 0 Å². The number of hydrogen-bond acceptors (Lipinski definition) is 5. The van der Waals surface area contributed by atoms with E-state index in [2.05, 4.69) is 55.6 Å². The van der Waals surface area contributed by atoms with Crippen LogP contribution in [0.4, 0.5) is 5.00 Å². The fourth-order valence-electron chi connectivity index (χ4n) is 3.36. The van der Waals surface area contributed by atoms with Gasteiger partial charge < -0.3 is 15.5 Å². The molecule has 28 heavy (non-hydrogen) atoms. The second-order valence-corrected chi connectivity index (χ2v) is 8.58. The van der Waals surface area contributed by atoms with Gasteiger partial charge in [-0.1, -0.05) is 30.3 Å². The highest BCUT2D eigenvalue weighted by molar-refractivity contribution is 7.14. The lowest BCUT2D eigenvalue weighted by Crippen LogP contribution is -2.48. The number of hydrogen-bond donors (Lipinski definition) is 2. The predicted octanol–water partition coefficient (Wildman–Crippen LogP) is 4.21. The number of benzene rings is 1. The van der Waals surface area contributed by atoms with Crippen LogP contribution in [-0.2, 0) is 6.54 Å². The van der Waals surface area contributed by atoms with E-state index in [1.807, 2.05) is 36.6 Å². The van der Waals surface area contributed by atoms with Gasteiger partial charge in [-0.25, -0.2) is 4.98 Å². The highest BCUT2D eigenvalue weighted by Gasteiger charge is 2.20. The molecule has 2 aromatic heterocycles. The number of thiophene rings is 1. The molecule has 0 aliphatic carbocycles. The molecule has 1 aromatic carbocycles. The zero-order chi connectivity index (χ0) is 19.2. The van der Waals surface area contributed by atoms with Gasteiger partial charge in [0.25, 0.3) is 0 Å². The first-order chi connectivity index (χ1) is 13.8. The Morgan fingerprint density at radius 3 is 2.68 bits per heavy atom. The lowest BCUT2D eigenvalue weighted by Gasteiger charge is -2.33. The lowest BCUT2D eigenvalue weighted by molar-refractivity contribution is 0.462. The van der Waals surface area contributed by atoms with Crippen molar-refractivity contribution in [1.82, 2.24) is 15.6 Å². The molecule has 0 spiro atoms. The van der Waals surface area contributed by atoms with Crippen LogP contribution >= 0.6 is 22.7 Å².